The molecule has 1 saturated carbocycles. The Hall–Kier alpha value is -0.240. The molecule has 4 unspecified atom stereocenters. The Balaban J connectivity index is 2.82. The quantitative estimate of drug-likeness (QED) is 0.399. The third-order valence-electron chi connectivity index (χ3n) is 2.59. The van der Waals surface area contributed by atoms with Crippen LogP contribution >= 0.6 is 0 Å². The second-order valence-corrected chi connectivity index (χ2v) is 3.36. The largest absolute Gasteiger partial charge is 0.387 e. The van der Waals surface area contributed by atoms with Crippen LogP contribution in [0.2, 0.25) is 0 Å². The summed E-state index contributed by atoms with van der Waals surface area (Å²) in [6.07, 6.45) is -7.11. The molecule has 0 radical (unpaired) electrons. The number of ether oxygens (including phenoxy) is 2. The third kappa shape index (κ3) is 1.77. The van der Waals surface area contributed by atoms with Gasteiger partial charge in [0.1, 0.15) is 36.6 Å². The number of aliphatic hydroxyl groups is 4. The molecule has 0 amide bonds. The first-order valence-corrected chi connectivity index (χ1v) is 4.32. The standard InChI is InChI=1S/C8H16O6/c1-13-7-4(10)3(9)5(11)8(14-2)6(7)12/h3-12H,1-2H3. The number of hydrogen-bond acceptors (Lipinski definition) is 6. The number of aliphatic hydroxyl groups excluding tert-OH is 4. The lowest BCUT2D eigenvalue weighted by Gasteiger charge is -2.42. The van der Waals surface area contributed by atoms with E-state index in [2.05, 4.69) is 0 Å². The van der Waals surface area contributed by atoms with Gasteiger partial charge in [-0.25, -0.2) is 0 Å². The first kappa shape index (κ1) is 11.8. The van der Waals surface area contributed by atoms with Crippen LogP contribution < -0.4 is 0 Å². The fourth-order valence-electron chi connectivity index (χ4n) is 1.74. The average molecular weight is 208 g/mol. The first-order chi connectivity index (χ1) is 6.54. The summed E-state index contributed by atoms with van der Waals surface area (Å²) in [6.45, 7) is 0. The van der Waals surface area contributed by atoms with Gasteiger partial charge in [-0.1, -0.05) is 0 Å². The molecule has 0 aromatic heterocycles. The predicted octanol–water partition coefficient (Wildman–Crippen LogP) is -2.53. The Kier molecular flexibility index (Phi) is 3.82. The van der Waals surface area contributed by atoms with Crippen molar-refractivity contribution in [3.8, 4) is 0 Å². The van der Waals surface area contributed by atoms with E-state index < -0.39 is 36.6 Å². The molecule has 1 aliphatic carbocycles. The van der Waals surface area contributed by atoms with Crippen molar-refractivity contribution in [1.29, 1.82) is 0 Å². The SMILES string of the molecule is COC1C(O)C(O)C(O)C(OC)C1O. The molecule has 0 saturated heterocycles. The van der Waals surface area contributed by atoms with Gasteiger partial charge >= 0.3 is 0 Å². The molecule has 0 aromatic rings. The lowest BCUT2D eigenvalue weighted by Crippen LogP contribution is -2.64. The molecule has 6 nitrogen and oxygen atoms in total. The van der Waals surface area contributed by atoms with Crippen LogP contribution in [0.1, 0.15) is 0 Å². The molecule has 1 fully saturated rings. The zero-order chi connectivity index (χ0) is 10.9. The molecule has 6 heteroatoms. The van der Waals surface area contributed by atoms with Crippen LogP contribution in [0, 0.1) is 0 Å². The minimum atomic E-state index is -1.38. The van der Waals surface area contributed by atoms with Gasteiger partial charge in [0.2, 0.25) is 0 Å². The smallest absolute Gasteiger partial charge is 0.114 e. The number of hydrogen-bond donors (Lipinski definition) is 4. The number of methoxy groups -OCH3 is 2. The van der Waals surface area contributed by atoms with Gasteiger partial charge < -0.3 is 29.9 Å². The van der Waals surface area contributed by atoms with E-state index >= 15 is 0 Å². The second kappa shape index (κ2) is 4.52. The van der Waals surface area contributed by atoms with Crippen molar-refractivity contribution in [3.05, 3.63) is 0 Å². The molecule has 0 heterocycles. The predicted molar refractivity (Wildman–Crippen MR) is 45.6 cm³/mol. The van der Waals surface area contributed by atoms with Crippen molar-refractivity contribution in [2.24, 2.45) is 0 Å². The summed E-state index contributed by atoms with van der Waals surface area (Å²) in [6, 6.07) is 0. The highest BCUT2D eigenvalue weighted by atomic mass is 16.5. The van der Waals surface area contributed by atoms with Gasteiger partial charge in [0.05, 0.1) is 0 Å². The number of rotatable bonds is 2. The normalized spacial score (nSPS) is 49.3. The van der Waals surface area contributed by atoms with Gasteiger partial charge in [0.25, 0.3) is 0 Å². The highest BCUT2D eigenvalue weighted by Crippen LogP contribution is 2.24. The van der Waals surface area contributed by atoms with Crippen LogP contribution in [0.25, 0.3) is 0 Å². The fraction of sp³-hybridized carbons (Fsp3) is 1.00. The first-order valence-electron chi connectivity index (χ1n) is 4.32. The van der Waals surface area contributed by atoms with Crippen LogP contribution in [0.4, 0.5) is 0 Å². The summed E-state index contributed by atoms with van der Waals surface area (Å²) in [7, 11) is 2.60. The van der Waals surface area contributed by atoms with Crippen molar-refractivity contribution in [2.75, 3.05) is 14.2 Å². The fourth-order valence-corrected chi connectivity index (χ4v) is 1.74. The van der Waals surface area contributed by atoms with E-state index in [1.165, 1.54) is 14.2 Å². The molecule has 1 rings (SSSR count). The maximum Gasteiger partial charge on any atom is 0.114 e. The Bertz CT molecular complexity index is 169. The molecule has 14 heavy (non-hydrogen) atoms. The van der Waals surface area contributed by atoms with E-state index in [-0.39, 0.29) is 0 Å². The Morgan fingerprint density at radius 3 is 1.29 bits per heavy atom. The van der Waals surface area contributed by atoms with Crippen molar-refractivity contribution in [1.82, 2.24) is 0 Å². The third-order valence-corrected chi connectivity index (χ3v) is 2.59. The van der Waals surface area contributed by atoms with Gasteiger partial charge in [0.15, 0.2) is 0 Å². The molecule has 4 atom stereocenters. The minimum Gasteiger partial charge on any atom is -0.387 e. The Morgan fingerprint density at radius 1 is 0.643 bits per heavy atom. The second-order valence-electron chi connectivity index (χ2n) is 3.36. The van der Waals surface area contributed by atoms with Gasteiger partial charge in [-0.15, -0.1) is 0 Å². The van der Waals surface area contributed by atoms with E-state index in [9.17, 15) is 20.4 Å². The molecule has 0 aromatic carbocycles. The van der Waals surface area contributed by atoms with E-state index in [1.807, 2.05) is 0 Å². The van der Waals surface area contributed by atoms with Crippen molar-refractivity contribution in [2.45, 2.75) is 36.6 Å². The summed E-state index contributed by atoms with van der Waals surface area (Å²) in [5, 5.41) is 37.9. The van der Waals surface area contributed by atoms with E-state index in [1.54, 1.807) is 0 Å². The highest BCUT2D eigenvalue weighted by Gasteiger charge is 2.49. The van der Waals surface area contributed by atoms with Crippen molar-refractivity contribution < 1.29 is 29.9 Å². The van der Waals surface area contributed by atoms with Gasteiger partial charge in [0, 0.05) is 14.2 Å². The molecular formula is C8H16O6. The lowest BCUT2D eigenvalue weighted by atomic mass is 9.85. The molecule has 4 N–H and O–H groups in total. The summed E-state index contributed by atoms with van der Waals surface area (Å²) in [5.74, 6) is 0. The molecule has 0 bridgehead atoms. The zero-order valence-electron chi connectivity index (χ0n) is 8.07. The minimum absolute atomic E-state index is 0.960. The van der Waals surface area contributed by atoms with E-state index in [0.29, 0.717) is 0 Å². The summed E-state index contributed by atoms with van der Waals surface area (Å²) in [4.78, 5) is 0. The van der Waals surface area contributed by atoms with Crippen LogP contribution in [-0.2, 0) is 9.47 Å². The van der Waals surface area contributed by atoms with E-state index in [4.69, 9.17) is 9.47 Å². The van der Waals surface area contributed by atoms with Crippen molar-refractivity contribution >= 4 is 0 Å². The summed E-state index contributed by atoms with van der Waals surface area (Å²) < 4.78 is 9.63. The Morgan fingerprint density at radius 2 is 1.00 bits per heavy atom. The molecule has 0 aliphatic heterocycles. The average Bonchev–Trinajstić information content (AvgIpc) is 2.16. The van der Waals surface area contributed by atoms with Gasteiger partial charge in [-0.3, -0.25) is 0 Å². The van der Waals surface area contributed by atoms with Crippen LogP contribution in [-0.4, -0.2) is 71.3 Å². The topological polar surface area (TPSA) is 99.4 Å². The van der Waals surface area contributed by atoms with Crippen molar-refractivity contribution in [3.63, 3.8) is 0 Å². The van der Waals surface area contributed by atoms with Crippen LogP contribution in [0.15, 0.2) is 0 Å². The maximum absolute atomic E-state index is 9.61. The molecule has 0 spiro atoms. The molecular weight excluding hydrogens is 192 g/mol. The van der Waals surface area contributed by atoms with Gasteiger partial charge in [-0.05, 0) is 0 Å². The maximum atomic E-state index is 9.61. The zero-order valence-corrected chi connectivity index (χ0v) is 8.07. The monoisotopic (exact) mass is 208 g/mol. The summed E-state index contributed by atoms with van der Waals surface area (Å²) in [5.41, 5.74) is 0. The molecule has 1 aliphatic rings. The van der Waals surface area contributed by atoms with Crippen LogP contribution in [0.3, 0.4) is 0 Å². The van der Waals surface area contributed by atoms with E-state index in [0.717, 1.165) is 0 Å². The Labute approximate surface area is 81.7 Å². The van der Waals surface area contributed by atoms with Crippen LogP contribution in [0.5, 0.6) is 0 Å². The van der Waals surface area contributed by atoms with Gasteiger partial charge in [-0.2, -0.15) is 0 Å². The molecule has 84 valence electrons. The lowest BCUT2D eigenvalue weighted by molar-refractivity contribution is -0.235. The highest BCUT2D eigenvalue weighted by molar-refractivity contribution is 4.99. The summed E-state index contributed by atoms with van der Waals surface area (Å²) >= 11 is 0.